The van der Waals surface area contributed by atoms with E-state index in [9.17, 15) is 4.79 Å². The predicted molar refractivity (Wildman–Crippen MR) is 64.5 cm³/mol. The number of morpholine rings is 1. The highest BCUT2D eigenvalue weighted by Gasteiger charge is 2.19. The molecule has 0 aliphatic carbocycles. The van der Waals surface area contributed by atoms with Crippen molar-refractivity contribution < 1.29 is 14.3 Å². The number of ether oxygens (including phenoxy) is 2. The summed E-state index contributed by atoms with van der Waals surface area (Å²) < 4.78 is 9.83. The third kappa shape index (κ3) is 3.06. The van der Waals surface area contributed by atoms with Crippen molar-refractivity contribution in [3.8, 4) is 0 Å². The number of nitrogens with zero attached hydrogens (tertiary/aromatic N) is 2. The van der Waals surface area contributed by atoms with Crippen LogP contribution in [0.25, 0.3) is 0 Å². The van der Waals surface area contributed by atoms with Crippen molar-refractivity contribution >= 4 is 34.0 Å². The fourth-order valence-electron chi connectivity index (χ4n) is 1.38. The Hall–Kier alpha value is -0.890. The van der Waals surface area contributed by atoms with Crippen LogP contribution in [0.5, 0.6) is 0 Å². The lowest BCUT2D eigenvalue weighted by molar-refractivity contribution is 0.0497. The van der Waals surface area contributed by atoms with Gasteiger partial charge >= 0.3 is 5.97 Å². The van der Waals surface area contributed by atoms with E-state index in [2.05, 4.69) is 15.1 Å². The Morgan fingerprint density at radius 2 is 2.29 bits per heavy atom. The zero-order chi connectivity index (χ0) is 12.3. The van der Waals surface area contributed by atoms with E-state index in [-0.39, 0.29) is 5.15 Å². The van der Waals surface area contributed by atoms with Crippen LogP contribution >= 0.6 is 22.9 Å². The van der Waals surface area contributed by atoms with Crippen molar-refractivity contribution in [2.24, 2.45) is 0 Å². The Bertz CT molecular complexity index is 406. The first-order valence-electron chi connectivity index (χ1n) is 5.04. The SMILES string of the molecule is COC(=O)c1sc(NN2CCOCC2)nc1Cl. The van der Waals surface area contributed by atoms with Crippen molar-refractivity contribution in [1.29, 1.82) is 0 Å². The molecule has 2 heterocycles. The first kappa shape index (κ1) is 12.6. The number of anilines is 1. The second-order valence-electron chi connectivity index (χ2n) is 3.34. The van der Waals surface area contributed by atoms with E-state index in [1.165, 1.54) is 18.4 Å². The van der Waals surface area contributed by atoms with Crippen LogP contribution in [0.1, 0.15) is 9.67 Å². The molecule has 0 bridgehead atoms. The highest BCUT2D eigenvalue weighted by atomic mass is 35.5. The molecule has 1 aromatic rings. The van der Waals surface area contributed by atoms with E-state index < -0.39 is 5.97 Å². The van der Waals surface area contributed by atoms with Gasteiger partial charge in [-0.2, -0.15) is 0 Å². The highest BCUT2D eigenvalue weighted by molar-refractivity contribution is 7.18. The average molecular weight is 278 g/mol. The molecule has 6 nitrogen and oxygen atoms in total. The fraction of sp³-hybridized carbons (Fsp3) is 0.556. The monoisotopic (exact) mass is 277 g/mol. The summed E-state index contributed by atoms with van der Waals surface area (Å²) >= 11 is 7.03. The van der Waals surface area contributed by atoms with E-state index >= 15 is 0 Å². The number of esters is 1. The van der Waals surface area contributed by atoms with Crippen molar-refractivity contribution in [2.75, 3.05) is 38.8 Å². The third-order valence-corrected chi connectivity index (χ3v) is 3.55. The second-order valence-corrected chi connectivity index (χ2v) is 4.70. The van der Waals surface area contributed by atoms with Crippen LogP contribution in [0.15, 0.2) is 0 Å². The molecular weight excluding hydrogens is 266 g/mol. The van der Waals surface area contributed by atoms with Gasteiger partial charge in [0.1, 0.15) is 0 Å². The molecule has 0 aromatic carbocycles. The number of carbonyl (C=O) groups is 1. The number of rotatable bonds is 3. The van der Waals surface area contributed by atoms with Crippen LogP contribution in [0.3, 0.4) is 0 Å². The van der Waals surface area contributed by atoms with E-state index in [0.717, 1.165) is 13.1 Å². The number of carbonyl (C=O) groups excluding carboxylic acids is 1. The van der Waals surface area contributed by atoms with Crippen molar-refractivity contribution in [2.45, 2.75) is 0 Å². The summed E-state index contributed by atoms with van der Waals surface area (Å²) in [6, 6.07) is 0. The Labute approximate surface area is 107 Å². The van der Waals surface area contributed by atoms with E-state index in [1.54, 1.807) is 0 Å². The molecule has 0 saturated carbocycles. The Kier molecular flexibility index (Phi) is 4.16. The van der Waals surface area contributed by atoms with Gasteiger partial charge in [0, 0.05) is 13.1 Å². The number of methoxy groups -OCH3 is 1. The molecule has 0 atom stereocenters. The second kappa shape index (κ2) is 5.63. The minimum absolute atomic E-state index is 0.164. The molecule has 2 rings (SSSR count). The summed E-state index contributed by atoms with van der Waals surface area (Å²) in [5, 5.41) is 2.72. The number of hydrogen-bond acceptors (Lipinski definition) is 7. The van der Waals surface area contributed by atoms with Crippen molar-refractivity contribution in [3.63, 3.8) is 0 Å². The number of nitrogens with one attached hydrogen (secondary N) is 1. The van der Waals surface area contributed by atoms with Gasteiger partial charge in [0.15, 0.2) is 15.2 Å². The van der Waals surface area contributed by atoms with Gasteiger partial charge in [-0.3, -0.25) is 5.43 Å². The first-order valence-corrected chi connectivity index (χ1v) is 6.24. The number of thiazole rings is 1. The maximum Gasteiger partial charge on any atom is 0.351 e. The van der Waals surface area contributed by atoms with Gasteiger partial charge in [-0.25, -0.2) is 14.8 Å². The molecular formula is C9H12ClN3O3S. The summed E-state index contributed by atoms with van der Waals surface area (Å²) in [6.07, 6.45) is 0. The van der Waals surface area contributed by atoms with Gasteiger partial charge in [-0.1, -0.05) is 22.9 Å². The number of hydrogen-bond donors (Lipinski definition) is 1. The molecule has 1 N–H and O–H groups in total. The number of halogens is 1. The van der Waals surface area contributed by atoms with Crippen molar-refractivity contribution in [3.05, 3.63) is 10.0 Å². The molecule has 1 aliphatic rings. The highest BCUT2D eigenvalue weighted by Crippen LogP contribution is 2.27. The van der Waals surface area contributed by atoms with Crippen LogP contribution in [0.2, 0.25) is 5.15 Å². The zero-order valence-electron chi connectivity index (χ0n) is 9.23. The van der Waals surface area contributed by atoms with Crippen LogP contribution < -0.4 is 5.43 Å². The molecule has 17 heavy (non-hydrogen) atoms. The molecule has 1 saturated heterocycles. The molecule has 0 unspecified atom stereocenters. The fourth-order valence-corrected chi connectivity index (χ4v) is 2.51. The molecule has 0 spiro atoms. The topological polar surface area (TPSA) is 63.7 Å². The van der Waals surface area contributed by atoms with Gasteiger partial charge in [-0.15, -0.1) is 0 Å². The molecule has 0 radical (unpaired) electrons. The lowest BCUT2D eigenvalue weighted by atomic mass is 10.5. The van der Waals surface area contributed by atoms with E-state index in [4.69, 9.17) is 16.3 Å². The van der Waals surface area contributed by atoms with Crippen LogP contribution in [-0.2, 0) is 9.47 Å². The smallest absolute Gasteiger partial charge is 0.351 e. The Morgan fingerprint density at radius 3 is 2.94 bits per heavy atom. The van der Waals surface area contributed by atoms with Crippen molar-refractivity contribution in [1.82, 2.24) is 9.99 Å². The predicted octanol–water partition coefficient (Wildman–Crippen LogP) is 1.24. The van der Waals surface area contributed by atoms with Gasteiger partial charge in [0.05, 0.1) is 20.3 Å². The maximum absolute atomic E-state index is 11.3. The largest absolute Gasteiger partial charge is 0.465 e. The molecule has 8 heteroatoms. The number of aromatic nitrogens is 1. The molecule has 1 aliphatic heterocycles. The van der Waals surface area contributed by atoms with E-state index in [0.29, 0.717) is 23.2 Å². The lowest BCUT2D eigenvalue weighted by Gasteiger charge is -2.26. The summed E-state index contributed by atoms with van der Waals surface area (Å²) in [5.41, 5.74) is 3.09. The summed E-state index contributed by atoms with van der Waals surface area (Å²) in [7, 11) is 1.31. The number of hydrazine groups is 1. The summed E-state index contributed by atoms with van der Waals surface area (Å²) in [6.45, 7) is 2.89. The van der Waals surface area contributed by atoms with Gasteiger partial charge in [-0.05, 0) is 0 Å². The van der Waals surface area contributed by atoms with Crippen LogP contribution in [0.4, 0.5) is 5.13 Å². The first-order chi connectivity index (χ1) is 8.20. The third-order valence-electron chi connectivity index (χ3n) is 2.22. The van der Waals surface area contributed by atoms with Gasteiger partial charge in [0.25, 0.3) is 0 Å². The minimum atomic E-state index is -0.470. The minimum Gasteiger partial charge on any atom is -0.465 e. The average Bonchev–Trinajstić information content (AvgIpc) is 2.70. The van der Waals surface area contributed by atoms with Gasteiger partial charge < -0.3 is 9.47 Å². The Balaban J connectivity index is 2.03. The molecule has 94 valence electrons. The Morgan fingerprint density at radius 1 is 1.59 bits per heavy atom. The zero-order valence-corrected chi connectivity index (χ0v) is 10.8. The van der Waals surface area contributed by atoms with Gasteiger partial charge in [0.2, 0.25) is 0 Å². The molecule has 0 amide bonds. The maximum atomic E-state index is 11.3. The summed E-state index contributed by atoms with van der Waals surface area (Å²) in [5.74, 6) is -0.470. The van der Waals surface area contributed by atoms with E-state index in [1.807, 2.05) is 5.01 Å². The van der Waals surface area contributed by atoms with Crippen LogP contribution in [-0.4, -0.2) is 49.4 Å². The molecule has 1 aromatic heterocycles. The normalized spacial score (nSPS) is 16.8. The quantitative estimate of drug-likeness (QED) is 0.839. The molecule has 1 fully saturated rings. The lowest BCUT2D eigenvalue weighted by Crippen LogP contribution is -2.40. The van der Waals surface area contributed by atoms with Crippen LogP contribution in [0, 0.1) is 0 Å². The standard InChI is InChI=1S/C9H12ClN3O3S/c1-15-8(14)6-7(10)11-9(17-6)12-13-2-4-16-5-3-13/h2-5H2,1H3,(H,11,12). The summed E-state index contributed by atoms with van der Waals surface area (Å²) in [4.78, 5) is 15.7.